The van der Waals surface area contributed by atoms with Crippen molar-refractivity contribution >= 4 is 11.9 Å². The van der Waals surface area contributed by atoms with Crippen LogP contribution in [-0.4, -0.2) is 56.3 Å². The van der Waals surface area contributed by atoms with Crippen LogP contribution in [-0.2, 0) is 0 Å². The Morgan fingerprint density at radius 2 is 2.17 bits per heavy atom. The number of aromatic nitrogens is 3. The molecule has 24 heavy (non-hydrogen) atoms. The fourth-order valence-electron chi connectivity index (χ4n) is 2.65. The summed E-state index contributed by atoms with van der Waals surface area (Å²) in [5.41, 5.74) is 0.281. The third-order valence-electron chi connectivity index (χ3n) is 4.07. The number of rotatable bonds is 4. The highest BCUT2D eigenvalue weighted by Crippen LogP contribution is 2.19. The lowest BCUT2D eigenvalue weighted by atomic mass is 10.0. The van der Waals surface area contributed by atoms with Crippen molar-refractivity contribution in [3.63, 3.8) is 0 Å². The molecule has 8 nitrogen and oxygen atoms in total. The molecule has 3 rings (SSSR count). The number of aliphatic hydroxyl groups excluding tert-OH is 1. The first-order valence-corrected chi connectivity index (χ1v) is 8.02. The van der Waals surface area contributed by atoms with Crippen molar-refractivity contribution in [2.24, 2.45) is 0 Å². The first kappa shape index (κ1) is 16.4. The van der Waals surface area contributed by atoms with E-state index in [2.05, 4.69) is 20.4 Å². The van der Waals surface area contributed by atoms with Gasteiger partial charge in [0.25, 0.3) is 5.91 Å². The summed E-state index contributed by atoms with van der Waals surface area (Å²) >= 11 is 0. The maximum atomic E-state index is 12.5. The van der Waals surface area contributed by atoms with Gasteiger partial charge >= 0.3 is 0 Å². The zero-order valence-electron chi connectivity index (χ0n) is 13.7. The third kappa shape index (κ3) is 3.53. The Hall–Kier alpha value is -2.48. The second-order valence-electron chi connectivity index (χ2n) is 6.20. The van der Waals surface area contributed by atoms with Crippen molar-refractivity contribution in [2.45, 2.75) is 38.3 Å². The lowest BCUT2D eigenvalue weighted by molar-refractivity contribution is 0.0417. The lowest BCUT2D eigenvalue weighted by Gasteiger charge is -2.35. The van der Waals surface area contributed by atoms with Crippen LogP contribution in [0.2, 0.25) is 0 Å². The number of β-amino-alcohol motifs (C(OH)–C–C–N with tert-alkyl or cyclic N) is 1. The number of likely N-dealkylation sites (tertiary alicyclic amines) is 1. The van der Waals surface area contributed by atoms with Gasteiger partial charge in [0.15, 0.2) is 5.69 Å². The van der Waals surface area contributed by atoms with E-state index in [1.54, 1.807) is 29.4 Å². The van der Waals surface area contributed by atoms with E-state index in [0.717, 1.165) is 0 Å². The number of carbonyl (C=O) groups excluding carboxylic acids is 1. The summed E-state index contributed by atoms with van der Waals surface area (Å²) in [6.07, 6.45) is 3.16. The number of piperidine rings is 1. The number of nitrogens with one attached hydrogen (secondary N) is 1. The van der Waals surface area contributed by atoms with Gasteiger partial charge in [0, 0.05) is 37.5 Å². The summed E-state index contributed by atoms with van der Waals surface area (Å²) in [7, 11) is 0. The van der Waals surface area contributed by atoms with Gasteiger partial charge in [0.2, 0.25) is 5.95 Å². The van der Waals surface area contributed by atoms with Gasteiger partial charge in [-0.25, -0.2) is 9.97 Å². The smallest absolute Gasteiger partial charge is 0.276 e. The quantitative estimate of drug-likeness (QED) is 0.869. The first-order valence-electron chi connectivity index (χ1n) is 8.02. The first-order chi connectivity index (χ1) is 11.5. The van der Waals surface area contributed by atoms with Crippen LogP contribution < -0.4 is 5.32 Å². The molecule has 0 saturated carbocycles. The van der Waals surface area contributed by atoms with Crippen LogP contribution in [0.5, 0.6) is 0 Å². The predicted octanol–water partition coefficient (Wildman–Crippen LogP) is 1.28. The molecule has 2 aromatic rings. The largest absolute Gasteiger partial charge is 0.389 e. The summed E-state index contributed by atoms with van der Waals surface area (Å²) in [4.78, 5) is 22.3. The van der Waals surface area contributed by atoms with Crippen molar-refractivity contribution in [2.75, 3.05) is 18.4 Å². The molecule has 128 valence electrons. The standard InChI is InChI=1S/C16H21N5O3/c1-10(2)14-8-12(20-24-14)15(23)21-7-4-11(13(22)9-21)19-16-17-5-3-6-18-16/h3,5-6,8,10-11,13,22H,4,7,9H2,1-2H3,(H,17,18,19). The molecule has 8 heteroatoms. The van der Waals surface area contributed by atoms with Gasteiger partial charge in [-0.15, -0.1) is 0 Å². The number of amides is 1. The average molecular weight is 331 g/mol. The van der Waals surface area contributed by atoms with E-state index >= 15 is 0 Å². The Bertz CT molecular complexity index is 688. The van der Waals surface area contributed by atoms with E-state index in [1.807, 2.05) is 13.8 Å². The summed E-state index contributed by atoms with van der Waals surface area (Å²) in [5, 5.41) is 17.3. The highest BCUT2D eigenvalue weighted by molar-refractivity contribution is 5.92. The monoisotopic (exact) mass is 331 g/mol. The van der Waals surface area contributed by atoms with E-state index in [1.165, 1.54) is 0 Å². The highest BCUT2D eigenvalue weighted by atomic mass is 16.5. The maximum Gasteiger partial charge on any atom is 0.276 e. The summed E-state index contributed by atoms with van der Waals surface area (Å²) in [6, 6.07) is 3.20. The number of nitrogens with zero attached hydrogens (tertiary/aromatic N) is 4. The molecule has 1 aliphatic rings. The van der Waals surface area contributed by atoms with Crippen molar-refractivity contribution in [1.82, 2.24) is 20.0 Å². The zero-order chi connectivity index (χ0) is 17.1. The molecular formula is C16H21N5O3. The minimum Gasteiger partial charge on any atom is -0.389 e. The minimum absolute atomic E-state index is 0.172. The van der Waals surface area contributed by atoms with Gasteiger partial charge in [0.05, 0.1) is 12.1 Å². The van der Waals surface area contributed by atoms with Crippen LogP contribution in [0.25, 0.3) is 0 Å². The van der Waals surface area contributed by atoms with Crippen LogP contribution >= 0.6 is 0 Å². The van der Waals surface area contributed by atoms with Crippen molar-refractivity contribution < 1.29 is 14.4 Å². The van der Waals surface area contributed by atoms with Crippen molar-refractivity contribution in [1.29, 1.82) is 0 Å². The Morgan fingerprint density at radius 1 is 1.42 bits per heavy atom. The summed E-state index contributed by atoms with van der Waals surface area (Å²) < 4.78 is 5.18. The number of hydrogen-bond donors (Lipinski definition) is 2. The van der Waals surface area contributed by atoms with Gasteiger partial charge in [-0.2, -0.15) is 0 Å². The van der Waals surface area contributed by atoms with Gasteiger partial charge < -0.3 is 19.8 Å². The molecule has 2 unspecified atom stereocenters. The van der Waals surface area contributed by atoms with Gasteiger partial charge in [-0.05, 0) is 12.5 Å². The topological polar surface area (TPSA) is 104 Å². The molecule has 0 aliphatic carbocycles. The molecule has 3 heterocycles. The second-order valence-corrected chi connectivity index (χ2v) is 6.20. The van der Waals surface area contributed by atoms with E-state index in [0.29, 0.717) is 24.7 Å². The molecule has 1 amide bonds. The van der Waals surface area contributed by atoms with E-state index < -0.39 is 6.10 Å². The molecule has 0 aromatic carbocycles. The van der Waals surface area contributed by atoms with E-state index in [-0.39, 0.29) is 30.1 Å². The summed E-state index contributed by atoms with van der Waals surface area (Å²) in [6.45, 7) is 4.69. The van der Waals surface area contributed by atoms with Crippen LogP contribution in [0.1, 0.15) is 42.4 Å². The average Bonchev–Trinajstić information content (AvgIpc) is 3.07. The molecule has 0 spiro atoms. The molecule has 2 atom stereocenters. The number of anilines is 1. The van der Waals surface area contributed by atoms with Gasteiger partial charge in [-0.1, -0.05) is 19.0 Å². The fourth-order valence-corrected chi connectivity index (χ4v) is 2.65. The van der Waals surface area contributed by atoms with Crippen LogP contribution in [0.15, 0.2) is 29.0 Å². The number of aliphatic hydroxyl groups is 1. The number of hydrogen-bond acceptors (Lipinski definition) is 7. The molecule has 2 aromatic heterocycles. The van der Waals surface area contributed by atoms with Gasteiger partial charge in [-0.3, -0.25) is 4.79 Å². The maximum absolute atomic E-state index is 12.5. The SMILES string of the molecule is CC(C)c1cc(C(=O)N2CCC(Nc3ncccn3)C(O)C2)no1. The lowest BCUT2D eigenvalue weighted by Crippen LogP contribution is -2.51. The molecule has 1 saturated heterocycles. The van der Waals surface area contributed by atoms with E-state index in [4.69, 9.17) is 4.52 Å². The minimum atomic E-state index is -0.706. The third-order valence-corrected chi connectivity index (χ3v) is 4.07. The molecule has 2 N–H and O–H groups in total. The molecule has 0 bridgehead atoms. The Morgan fingerprint density at radius 3 is 2.79 bits per heavy atom. The van der Waals surface area contributed by atoms with Crippen molar-refractivity contribution in [3.8, 4) is 0 Å². The molecular weight excluding hydrogens is 310 g/mol. The Kier molecular flexibility index (Phi) is 4.75. The Labute approximate surface area is 139 Å². The van der Waals surface area contributed by atoms with Gasteiger partial charge in [0.1, 0.15) is 5.76 Å². The van der Waals surface area contributed by atoms with Crippen LogP contribution in [0, 0.1) is 0 Å². The second kappa shape index (κ2) is 6.96. The summed E-state index contributed by atoms with van der Waals surface area (Å²) in [5.74, 6) is 1.10. The van der Waals surface area contributed by atoms with Crippen molar-refractivity contribution in [3.05, 3.63) is 36.0 Å². The normalized spacial score (nSPS) is 21.1. The molecule has 0 radical (unpaired) electrons. The molecule has 1 aliphatic heterocycles. The van der Waals surface area contributed by atoms with Crippen LogP contribution in [0.4, 0.5) is 5.95 Å². The fraction of sp³-hybridized carbons (Fsp3) is 0.500. The highest BCUT2D eigenvalue weighted by Gasteiger charge is 2.32. The molecule has 1 fully saturated rings. The Balaban J connectivity index is 1.61. The predicted molar refractivity (Wildman–Crippen MR) is 86.6 cm³/mol. The zero-order valence-corrected chi connectivity index (χ0v) is 13.7. The number of carbonyl (C=O) groups is 1. The van der Waals surface area contributed by atoms with E-state index in [9.17, 15) is 9.90 Å². The van der Waals surface area contributed by atoms with Crippen LogP contribution in [0.3, 0.4) is 0 Å².